The molecule has 0 fully saturated rings. The predicted octanol–water partition coefficient (Wildman–Crippen LogP) is 5.32. The van der Waals surface area contributed by atoms with Crippen LogP contribution in [0, 0.1) is 20.8 Å². The number of sulfonamides is 1. The lowest BCUT2D eigenvalue weighted by Crippen LogP contribution is -2.42. The first-order chi connectivity index (χ1) is 17.6. The third-order valence-electron chi connectivity index (χ3n) is 6.07. The van der Waals surface area contributed by atoms with Crippen LogP contribution >= 0.6 is 11.3 Å². The summed E-state index contributed by atoms with van der Waals surface area (Å²) in [6, 6.07) is 17.9. The summed E-state index contributed by atoms with van der Waals surface area (Å²) >= 11 is 1.47. The van der Waals surface area contributed by atoms with Crippen LogP contribution in [0.5, 0.6) is 0 Å². The van der Waals surface area contributed by atoms with Crippen LogP contribution in [0.15, 0.2) is 77.1 Å². The maximum Gasteiger partial charge on any atom is 0.322 e. The van der Waals surface area contributed by atoms with Gasteiger partial charge in [-0.3, -0.25) is 4.79 Å². The first-order valence-electron chi connectivity index (χ1n) is 11.8. The lowest BCUT2D eigenvalue weighted by molar-refractivity contribution is -0.138. The molecule has 0 aliphatic heterocycles. The van der Waals surface area contributed by atoms with Crippen molar-refractivity contribution in [2.24, 2.45) is 0 Å². The molecule has 1 aromatic heterocycles. The minimum absolute atomic E-state index is 0.0114. The van der Waals surface area contributed by atoms with Crippen LogP contribution in [0.1, 0.15) is 27.8 Å². The standard InChI is InChI=1S/C28H29N3O4S2/c1-18-13-19(2)26(20(3)14-18)37(34,35)31-25(27(32)33)16-23-10-9-22(21-7-5-4-6-8-21)15-24(23)17-30-28-29-11-12-36-28/h4-15,25,31H,16-17H2,1-3H3,(H,29,30)(H,32,33)/t25-/m0/s1. The average Bonchev–Trinajstić information content (AvgIpc) is 3.36. The molecule has 1 atom stereocenters. The maximum absolute atomic E-state index is 13.3. The number of carbonyl (C=O) groups is 1. The molecule has 3 aromatic carbocycles. The van der Waals surface area contributed by atoms with Crippen LogP contribution in [-0.2, 0) is 27.8 Å². The van der Waals surface area contributed by atoms with Gasteiger partial charge in [-0.2, -0.15) is 4.72 Å². The molecule has 0 saturated heterocycles. The van der Waals surface area contributed by atoms with Gasteiger partial charge in [-0.05, 0) is 66.6 Å². The Labute approximate surface area is 221 Å². The summed E-state index contributed by atoms with van der Waals surface area (Å²) in [7, 11) is -4.07. The van der Waals surface area contributed by atoms with E-state index in [4.69, 9.17) is 0 Å². The second-order valence-electron chi connectivity index (χ2n) is 8.98. The lowest BCUT2D eigenvalue weighted by atomic mass is 9.95. The van der Waals surface area contributed by atoms with Crippen LogP contribution in [-0.4, -0.2) is 30.5 Å². The molecule has 0 bridgehead atoms. The van der Waals surface area contributed by atoms with Gasteiger partial charge in [-0.1, -0.05) is 60.2 Å². The normalized spacial score (nSPS) is 12.3. The van der Waals surface area contributed by atoms with Crippen molar-refractivity contribution in [2.45, 2.75) is 44.7 Å². The molecule has 0 radical (unpaired) electrons. The molecule has 0 spiro atoms. The van der Waals surface area contributed by atoms with Gasteiger partial charge >= 0.3 is 5.97 Å². The fraction of sp³-hybridized carbons (Fsp3) is 0.214. The van der Waals surface area contributed by atoms with Gasteiger partial charge in [-0.25, -0.2) is 13.4 Å². The maximum atomic E-state index is 13.3. The molecular weight excluding hydrogens is 506 g/mol. The second kappa shape index (κ2) is 11.2. The number of thiazole rings is 1. The van der Waals surface area contributed by atoms with Crippen molar-refractivity contribution >= 4 is 32.5 Å². The van der Waals surface area contributed by atoms with Gasteiger partial charge in [0.05, 0.1) is 4.90 Å². The summed E-state index contributed by atoms with van der Waals surface area (Å²) in [6.45, 7) is 5.74. The first kappa shape index (κ1) is 26.5. The summed E-state index contributed by atoms with van der Waals surface area (Å²) in [6.07, 6.45) is 1.70. The number of rotatable bonds is 10. The summed E-state index contributed by atoms with van der Waals surface area (Å²) in [5.74, 6) is -1.24. The molecule has 1 heterocycles. The summed E-state index contributed by atoms with van der Waals surface area (Å²) in [5, 5.41) is 15.9. The third kappa shape index (κ3) is 6.43. The Balaban J connectivity index is 1.66. The number of aryl methyl sites for hydroxylation is 3. The number of nitrogens with zero attached hydrogens (tertiary/aromatic N) is 1. The van der Waals surface area contributed by atoms with Crippen LogP contribution in [0.25, 0.3) is 11.1 Å². The van der Waals surface area contributed by atoms with Crippen molar-refractivity contribution in [1.82, 2.24) is 9.71 Å². The Hall–Kier alpha value is -3.53. The van der Waals surface area contributed by atoms with E-state index >= 15 is 0 Å². The van der Waals surface area contributed by atoms with Crippen LogP contribution in [0.4, 0.5) is 5.13 Å². The fourth-order valence-electron chi connectivity index (χ4n) is 4.52. The van der Waals surface area contributed by atoms with E-state index < -0.39 is 22.0 Å². The van der Waals surface area contributed by atoms with Gasteiger partial charge in [-0.15, -0.1) is 11.3 Å². The monoisotopic (exact) mass is 535 g/mol. The molecular formula is C28H29N3O4S2. The van der Waals surface area contributed by atoms with Crippen molar-refractivity contribution < 1.29 is 18.3 Å². The van der Waals surface area contributed by atoms with E-state index in [1.807, 2.05) is 60.8 Å². The van der Waals surface area contributed by atoms with Gasteiger partial charge in [0.15, 0.2) is 5.13 Å². The number of hydrogen-bond donors (Lipinski definition) is 3. The Morgan fingerprint density at radius 1 is 0.973 bits per heavy atom. The quantitative estimate of drug-likeness (QED) is 0.254. The first-order valence-corrected chi connectivity index (χ1v) is 14.1. The molecule has 4 aromatic rings. The number of nitrogens with one attached hydrogen (secondary N) is 2. The van der Waals surface area contributed by atoms with Gasteiger partial charge < -0.3 is 10.4 Å². The largest absolute Gasteiger partial charge is 0.480 e. The summed E-state index contributed by atoms with van der Waals surface area (Å²) < 4.78 is 29.0. The molecule has 0 aliphatic rings. The topological polar surface area (TPSA) is 108 Å². The van der Waals surface area contributed by atoms with Gasteiger partial charge in [0.2, 0.25) is 10.0 Å². The molecule has 0 saturated carbocycles. The van der Waals surface area contributed by atoms with Crippen LogP contribution < -0.4 is 10.0 Å². The van der Waals surface area contributed by atoms with E-state index in [1.165, 1.54) is 11.3 Å². The Morgan fingerprint density at radius 3 is 2.30 bits per heavy atom. The molecule has 9 heteroatoms. The zero-order valence-corrected chi connectivity index (χ0v) is 22.5. The zero-order chi connectivity index (χ0) is 26.6. The number of benzene rings is 3. The molecule has 3 N–H and O–H groups in total. The third-order valence-corrected chi connectivity index (χ3v) is 8.58. The second-order valence-corrected chi connectivity index (χ2v) is 11.5. The number of anilines is 1. The number of carboxylic acids is 1. The predicted molar refractivity (Wildman–Crippen MR) is 147 cm³/mol. The van der Waals surface area contributed by atoms with Crippen molar-refractivity contribution in [3.05, 3.63) is 100 Å². The highest BCUT2D eigenvalue weighted by Gasteiger charge is 2.28. The molecule has 192 valence electrons. The zero-order valence-electron chi connectivity index (χ0n) is 20.9. The summed E-state index contributed by atoms with van der Waals surface area (Å²) in [5.41, 5.74) is 5.72. The van der Waals surface area contributed by atoms with Crippen molar-refractivity contribution in [1.29, 1.82) is 0 Å². The van der Waals surface area contributed by atoms with Crippen molar-refractivity contribution in [3.8, 4) is 11.1 Å². The Kier molecular flexibility index (Phi) is 8.06. The minimum atomic E-state index is -4.07. The van der Waals surface area contributed by atoms with E-state index in [0.717, 1.165) is 32.9 Å². The van der Waals surface area contributed by atoms with Crippen LogP contribution in [0.3, 0.4) is 0 Å². The number of aliphatic carboxylic acids is 1. The van der Waals surface area contributed by atoms with E-state index in [2.05, 4.69) is 15.0 Å². The fourth-order valence-corrected chi connectivity index (χ4v) is 6.69. The Morgan fingerprint density at radius 2 is 1.68 bits per heavy atom. The molecule has 0 amide bonds. The summed E-state index contributed by atoms with van der Waals surface area (Å²) in [4.78, 5) is 16.6. The van der Waals surface area contributed by atoms with E-state index in [0.29, 0.717) is 17.7 Å². The van der Waals surface area contributed by atoms with E-state index in [1.54, 1.807) is 32.2 Å². The number of aromatic nitrogens is 1. The molecule has 0 aliphatic carbocycles. The van der Waals surface area contributed by atoms with Crippen LogP contribution in [0.2, 0.25) is 0 Å². The highest BCUT2D eigenvalue weighted by atomic mass is 32.2. The Bertz CT molecular complexity index is 1480. The lowest BCUT2D eigenvalue weighted by Gasteiger charge is -2.20. The van der Waals surface area contributed by atoms with Crippen molar-refractivity contribution in [3.63, 3.8) is 0 Å². The number of hydrogen-bond acceptors (Lipinski definition) is 6. The molecule has 4 rings (SSSR count). The van der Waals surface area contributed by atoms with Gasteiger partial charge in [0, 0.05) is 18.1 Å². The molecule has 7 nitrogen and oxygen atoms in total. The smallest absolute Gasteiger partial charge is 0.322 e. The highest BCUT2D eigenvalue weighted by Crippen LogP contribution is 2.26. The van der Waals surface area contributed by atoms with Gasteiger partial charge in [0.25, 0.3) is 0 Å². The number of carboxylic acid groups (broad SMARTS) is 1. The van der Waals surface area contributed by atoms with E-state index in [-0.39, 0.29) is 11.3 Å². The van der Waals surface area contributed by atoms with Gasteiger partial charge in [0.1, 0.15) is 6.04 Å². The SMILES string of the molecule is Cc1cc(C)c(S(=O)(=O)N[C@@H](Cc2ccc(-c3ccccc3)cc2CNc2nccs2)C(=O)O)c(C)c1. The van der Waals surface area contributed by atoms with Crippen molar-refractivity contribution in [2.75, 3.05) is 5.32 Å². The molecule has 37 heavy (non-hydrogen) atoms. The highest BCUT2D eigenvalue weighted by molar-refractivity contribution is 7.89. The molecule has 0 unspecified atom stereocenters. The minimum Gasteiger partial charge on any atom is -0.480 e. The average molecular weight is 536 g/mol. The van der Waals surface area contributed by atoms with E-state index in [9.17, 15) is 18.3 Å².